The van der Waals surface area contributed by atoms with Gasteiger partial charge >= 0.3 is 0 Å². The summed E-state index contributed by atoms with van der Waals surface area (Å²) in [5.41, 5.74) is 1.39. The molecule has 1 aromatic carbocycles. The predicted molar refractivity (Wildman–Crippen MR) is 67.0 cm³/mol. The molecular formula is C13H9N5O. The molecule has 2 aromatic rings. The van der Waals surface area contributed by atoms with E-state index in [4.69, 9.17) is 10.5 Å². The van der Waals surface area contributed by atoms with Crippen molar-refractivity contribution in [1.82, 2.24) is 9.78 Å². The largest absolute Gasteiger partial charge is 0.322 e. The van der Waals surface area contributed by atoms with E-state index >= 15 is 0 Å². The van der Waals surface area contributed by atoms with Gasteiger partial charge in [-0.2, -0.15) is 15.6 Å². The summed E-state index contributed by atoms with van der Waals surface area (Å²) in [6, 6.07) is 8.37. The summed E-state index contributed by atoms with van der Waals surface area (Å²) in [4.78, 5) is 11.9. The van der Waals surface area contributed by atoms with Crippen molar-refractivity contribution in [2.45, 2.75) is 0 Å². The van der Waals surface area contributed by atoms with Crippen LogP contribution in [0.2, 0.25) is 0 Å². The number of nitrogens with one attached hydrogen (secondary N) is 1. The summed E-state index contributed by atoms with van der Waals surface area (Å²) in [7, 11) is 1.71. The molecule has 2 rings (SSSR count). The maximum Gasteiger partial charge on any atom is 0.258 e. The molecule has 1 N–H and O–H groups in total. The molecule has 19 heavy (non-hydrogen) atoms. The van der Waals surface area contributed by atoms with Crippen LogP contribution in [-0.2, 0) is 7.05 Å². The Kier molecular flexibility index (Phi) is 3.26. The van der Waals surface area contributed by atoms with Gasteiger partial charge in [0.05, 0.1) is 22.9 Å². The molecule has 92 valence electrons. The van der Waals surface area contributed by atoms with Crippen LogP contribution in [0, 0.1) is 22.7 Å². The summed E-state index contributed by atoms with van der Waals surface area (Å²) in [6.07, 6.45) is 3.04. The highest BCUT2D eigenvalue weighted by atomic mass is 16.1. The first-order chi connectivity index (χ1) is 9.13. The molecule has 0 spiro atoms. The van der Waals surface area contributed by atoms with Gasteiger partial charge in [0.1, 0.15) is 12.1 Å². The molecule has 0 radical (unpaired) electrons. The number of aromatic nitrogens is 2. The zero-order chi connectivity index (χ0) is 13.8. The highest BCUT2D eigenvalue weighted by molar-refractivity contribution is 6.04. The van der Waals surface area contributed by atoms with Gasteiger partial charge in [-0.25, -0.2) is 0 Å². The minimum Gasteiger partial charge on any atom is -0.322 e. The van der Waals surface area contributed by atoms with Crippen molar-refractivity contribution in [3.8, 4) is 12.1 Å². The molecule has 0 saturated carbocycles. The highest BCUT2D eigenvalue weighted by Crippen LogP contribution is 2.15. The average Bonchev–Trinajstić information content (AvgIpc) is 2.85. The minimum atomic E-state index is -0.318. The molecule has 1 heterocycles. The summed E-state index contributed by atoms with van der Waals surface area (Å²) >= 11 is 0. The SMILES string of the molecule is Cn1cc(C(=O)Nc2ccc(C#N)c(C#N)c2)cn1. The van der Waals surface area contributed by atoms with Gasteiger partial charge in [-0.1, -0.05) is 0 Å². The molecule has 0 atom stereocenters. The average molecular weight is 251 g/mol. The Morgan fingerprint density at radius 3 is 2.63 bits per heavy atom. The number of rotatable bonds is 2. The van der Waals surface area contributed by atoms with E-state index in [9.17, 15) is 4.79 Å². The van der Waals surface area contributed by atoms with Crippen LogP contribution >= 0.6 is 0 Å². The topological polar surface area (TPSA) is 94.5 Å². The molecule has 0 aliphatic rings. The molecule has 0 unspecified atom stereocenters. The Morgan fingerprint density at radius 1 is 1.32 bits per heavy atom. The lowest BCUT2D eigenvalue weighted by Crippen LogP contribution is -2.11. The van der Waals surface area contributed by atoms with Gasteiger partial charge in [0.25, 0.3) is 5.91 Å². The Bertz CT molecular complexity index is 717. The molecule has 0 fully saturated rings. The number of anilines is 1. The molecular weight excluding hydrogens is 242 g/mol. The van der Waals surface area contributed by atoms with Crippen LogP contribution in [0.15, 0.2) is 30.6 Å². The summed E-state index contributed by atoms with van der Waals surface area (Å²) in [5.74, 6) is -0.318. The Labute approximate surface area is 109 Å². The lowest BCUT2D eigenvalue weighted by Gasteiger charge is -2.04. The van der Waals surface area contributed by atoms with Crippen LogP contribution in [0.3, 0.4) is 0 Å². The van der Waals surface area contributed by atoms with E-state index in [0.717, 1.165) is 0 Å². The van der Waals surface area contributed by atoms with Gasteiger partial charge in [0.2, 0.25) is 0 Å². The fourth-order valence-electron chi connectivity index (χ4n) is 1.55. The van der Waals surface area contributed by atoms with Crippen LogP contribution in [0.1, 0.15) is 21.5 Å². The second-order valence-corrected chi connectivity index (χ2v) is 3.84. The number of amides is 1. The predicted octanol–water partition coefficient (Wildman–Crippen LogP) is 1.42. The molecule has 0 bridgehead atoms. The van der Waals surface area contributed by atoms with Crippen molar-refractivity contribution < 1.29 is 4.79 Å². The number of nitriles is 2. The second-order valence-electron chi connectivity index (χ2n) is 3.84. The molecule has 1 aromatic heterocycles. The first-order valence-corrected chi connectivity index (χ1v) is 5.38. The number of aryl methyl sites for hydroxylation is 1. The Morgan fingerprint density at radius 2 is 2.05 bits per heavy atom. The maximum atomic E-state index is 11.9. The standard InChI is InChI=1S/C13H9N5O/c1-18-8-11(7-16-18)13(19)17-12-3-2-9(5-14)10(4-12)6-15/h2-4,7-8H,1H3,(H,17,19). The van der Waals surface area contributed by atoms with Crippen molar-refractivity contribution in [1.29, 1.82) is 10.5 Å². The number of benzene rings is 1. The van der Waals surface area contributed by atoms with Gasteiger partial charge in [-0.15, -0.1) is 0 Å². The summed E-state index contributed by atoms with van der Waals surface area (Å²) in [6.45, 7) is 0. The number of hydrogen-bond acceptors (Lipinski definition) is 4. The van der Waals surface area contributed by atoms with Gasteiger partial charge in [-0.05, 0) is 18.2 Å². The summed E-state index contributed by atoms with van der Waals surface area (Å²) in [5, 5.41) is 24.3. The Balaban J connectivity index is 2.23. The van der Waals surface area contributed by atoms with E-state index in [1.54, 1.807) is 19.3 Å². The summed E-state index contributed by atoms with van der Waals surface area (Å²) < 4.78 is 1.52. The second kappa shape index (κ2) is 5.03. The van der Waals surface area contributed by atoms with E-state index in [1.807, 2.05) is 12.1 Å². The number of carbonyl (C=O) groups is 1. The van der Waals surface area contributed by atoms with Crippen molar-refractivity contribution in [3.05, 3.63) is 47.3 Å². The van der Waals surface area contributed by atoms with Crippen LogP contribution in [-0.4, -0.2) is 15.7 Å². The lowest BCUT2D eigenvalue weighted by molar-refractivity contribution is 0.102. The zero-order valence-electron chi connectivity index (χ0n) is 10.1. The van der Waals surface area contributed by atoms with E-state index in [1.165, 1.54) is 23.0 Å². The van der Waals surface area contributed by atoms with E-state index < -0.39 is 0 Å². The van der Waals surface area contributed by atoms with Crippen molar-refractivity contribution in [2.24, 2.45) is 7.05 Å². The Hall–Kier alpha value is -3.12. The number of hydrogen-bond donors (Lipinski definition) is 1. The van der Waals surface area contributed by atoms with Crippen LogP contribution in [0.25, 0.3) is 0 Å². The fourth-order valence-corrected chi connectivity index (χ4v) is 1.55. The molecule has 1 amide bonds. The smallest absolute Gasteiger partial charge is 0.258 e. The van der Waals surface area contributed by atoms with Crippen molar-refractivity contribution >= 4 is 11.6 Å². The highest BCUT2D eigenvalue weighted by Gasteiger charge is 2.09. The van der Waals surface area contributed by atoms with Gasteiger partial charge < -0.3 is 5.32 Å². The third-order valence-corrected chi connectivity index (χ3v) is 2.49. The van der Waals surface area contributed by atoms with Crippen LogP contribution in [0.4, 0.5) is 5.69 Å². The van der Waals surface area contributed by atoms with Crippen molar-refractivity contribution in [3.63, 3.8) is 0 Å². The molecule has 0 aliphatic heterocycles. The van der Waals surface area contributed by atoms with Crippen molar-refractivity contribution in [2.75, 3.05) is 5.32 Å². The monoisotopic (exact) mass is 251 g/mol. The van der Waals surface area contributed by atoms with Crippen LogP contribution in [0.5, 0.6) is 0 Å². The lowest BCUT2D eigenvalue weighted by atomic mass is 10.1. The van der Waals surface area contributed by atoms with E-state index in [-0.39, 0.29) is 17.0 Å². The third kappa shape index (κ3) is 2.59. The normalized spacial score (nSPS) is 9.42. The number of nitrogens with zero attached hydrogens (tertiary/aromatic N) is 4. The zero-order valence-corrected chi connectivity index (χ0v) is 10.1. The van der Waals surface area contributed by atoms with E-state index in [2.05, 4.69) is 10.4 Å². The van der Waals surface area contributed by atoms with Gasteiger partial charge in [0.15, 0.2) is 0 Å². The molecule has 0 aliphatic carbocycles. The first kappa shape index (κ1) is 12.3. The molecule has 0 saturated heterocycles. The quantitative estimate of drug-likeness (QED) is 0.873. The third-order valence-electron chi connectivity index (χ3n) is 2.49. The number of carbonyl (C=O) groups excluding carboxylic acids is 1. The van der Waals surface area contributed by atoms with Crippen LogP contribution < -0.4 is 5.32 Å². The van der Waals surface area contributed by atoms with Gasteiger partial charge in [0, 0.05) is 18.9 Å². The first-order valence-electron chi connectivity index (χ1n) is 5.38. The molecule has 6 nitrogen and oxygen atoms in total. The molecule has 6 heteroatoms. The van der Waals surface area contributed by atoms with E-state index in [0.29, 0.717) is 11.3 Å². The maximum absolute atomic E-state index is 11.9. The minimum absolute atomic E-state index is 0.228. The fraction of sp³-hybridized carbons (Fsp3) is 0.0769. The van der Waals surface area contributed by atoms with Gasteiger partial charge in [-0.3, -0.25) is 9.48 Å².